The van der Waals surface area contributed by atoms with Crippen LogP contribution in [0, 0.1) is 0 Å². The van der Waals surface area contributed by atoms with Gasteiger partial charge in [0, 0.05) is 34.4 Å². The molecule has 1 saturated heterocycles. The van der Waals surface area contributed by atoms with E-state index in [2.05, 4.69) is 32.7 Å². The summed E-state index contributed by atoms with van der Waals surface area (Å²) in [6.45, 7) is 2.68. The molecule has 2 heterocycles. The molecule has 1 fully saturated rings. The lowest BCUT2D eigenvalue weighted by molar-refractivity contribution is -0.122. The van der Waals surface area contributed by atoms with Crippen LogP contribution in [0.1, 0.15) is 17.7 Å². The van der Waals surface area contributed by atoms with E-state index in [1.165, 1.54) is 4.88 Å². The standard InChI is InChI=1S/C13H19BrN2O2S/c1-16(7-12-5-10(14)9-19-12)8-13(17)15-6-11-3-2-4-18-11/h5,9,11H,2-4,6-8H2,1H3,(H,15,17). The number of hydrogen-bond acceptors (Lipinski definition) is 4. The van der Waals surface area contributed by atoms with Gasteiger partial charge in [0.2, 0.25) is 5.91 Å². The molecule has 0 saturated carbocycles. The van der Waals surface area contributed by atoms with Crippen LogP contribution in [-0.4, -0.2) is 43.7 Å². The second-order valence-corrected chi connectivity index (χ2v) is 6.75. The van der Waals surface area contributed by atoms with Crippen LogP contribution in [0.5, 0.6) is 0 Å². The zero-order valence-corrected chi connectivity index (χ0v) is 13.4. The number of carbonyl (C=O) groups excluding carboxylic acids is 1. The number of hydrogen-bond donors (Lipinski definition) is 1. The summed E-state index contributed by atoms with van der Waals surface area (Å²) in [6, 6.07) is 2.09. The number of halogens is 1. The smallest absolute Gasteiger partial charge is 0.234 e. The number of nitrogens with zero attached hydrogens (tertiary/aromatic N) is 1. The second kappa shape index (κ2) is 7.38. The molecule has 4 nitrogen and oxygen atoms in total. The van der Waals surface area contributed by atoms with E-state index >= 15 is 0 Å². The molecule has 106 valence electrons. The van der Waals surface area contributed by atoms with Crippen molar-refractivity contribution in [1.82, 2.24) is 10.2 Å². The van der Waals surface area contributed by atoms with Gasteiger partial charge in [-0.1, -0.05) is 0 Å². The van der Waals surface area contributed by atoms with E-state index in [1.807, 2.05) is 11.9 Å². The van der Waals surface area contributed by atoms with Crippen molar-refractivity contribution in [2.45, 2.75) is 25.5 Å². The van der Waals surface area contributed by atoms with E-state index in [0.29, 0.717) is 13.1 Å². The highest BCUT2D eigenvalue weighted by atomic mass is 79.9. The van der Waals surface area contributed by atoms with E-state index < -0.39 is 0 Å². The van der Waals surface area contributed by atoms with Gasteiger partial charge >= 0.3 is 0 Å². The summed E-state index contributed by atoms with van der Waals surface area (Å²) in [5.74, 6) is 0.0635. The van der Waals surface area contributed by atoms with Crippen LogP contribution in [0.15, 0.2) is 15.9 Å². The molecule has 19 heavy (non-hydrogen) atoms. The molecule has 1 atom stereocenters. The molecule has 1 unspecified atom stereocenters. The minimum atomic E-state index is 0.0635. The number of ether oxygens (including phenoxy) is 1. The van der Waals surface area contributed by atoms with Crippen LogP contribution >= 0.6 is 27.3 Å². The first-order valence-corrected chi connectivity index (χ1v) is 8.10. The molecule has 0 aliphatic carbocycles. The van der Waals surface area contributed by atoms with Gasteiger partial charge in [0.25, 0.3) is 0 Å². The lowest BCUT2D eigenvalue weighted by Crippen LogP contribution is -2.38. The van der Waals surface area contributed by atoms with Crippen molar-refractivity contribution in [3.63, 3.8) is 0 Å². The van der Waals surface area contributed by atoms with Gasteiger partial charge in [0.15, 0.2) is 0 Å². The molecule has 1 aliphatic rings. The van der Waals surface area contributed by atoms with Gasteiger partial charge in [-0.3, -0.25) is 9.69 Å². The Morgan fingerprint density at radius 3 is 3.16 bits per heavy atom. The molecule has 0 spiro atoms. The van der Waals surface area contributed by atoms with Gasteiger partial charge in [0.05, 0.1) is 12.6 Å². The maximum absolute atomic E-state index is 11.8. The highest BCUT2D eigenvalue weighted by Gasteiger charge is 2.16. The predicted octanol–water partition coefficient (Wildman–Crippen LogP) is 2.24. The summed E-state index contributed by atoms with van der Waals surface area (Å²) in [6.07, 6.45) is 2.37. The van der Waals surface area contributed by atoms with Gasteiger partial charge in [-0.2, -0.15) is 0 Å². The lowest BCUT2D eigenvalue weighted by atomic mass is 10.2. The Labute approximate surface area is 126 Å². The Hall–Kier alpha value is -0.430. The first-order chi connectivity index (χ1) is 9.13. The average Bonchev–Trinajstić information content (AvgIpc) is 2.98. The normalized spacial score (nSPS) is 19.0. The van der Waals surface area contributed by atoms with E-state index in [9.17, 15) is 4.79 Å². The minimum absolute atomic E-state index is 0.0635. The first kappa shape index (κ1) is 15.0. The fourth-order valence-electron chi connectivity index (χ4n) is 2.09. The predicted molar refractivity (Wildman–Crippen MR) is 80.3 cm³/mol. The van der Waals surface area contributed by atoms with Crippen molar-refractivity contribution in [2.75, 3.05) is 26.7 Å². The van der Waals surface area contributed by atoms with Crippen LogP contribution < -0.4 is 5.32 Å². The molecule has 1 N–H and O–H groups in total. The molecule has 1 amide bonds. The number of thiophene rings is 1. The van der Waals surface area contributed by atoms with E-state index in [-0.39, 0.29) is 12.0 Å². The Balaban J connectivity index is 1.66. The number of likely N-dealkylation sites (N-methyl/N-ethyl adjacent to an activating group) is 1. The third-order valence-corrected chi connectivity index (χ3v) is 4.69. The Morgan fingerprint density at radius 2 is 2.53 bits per heavy atom. The number of rotatable bonds is 6. The highest BCUT2D eigenvalue weighted by molar-refractivity contribution is 9.10. The van der Waals surface area contributed by atoms with Crippen LogP contribution in [0.4, 0.5) is 0 Å². The summed E-state index contributed by atoms with van der Waals surface area (Å²) in [4.78, 5) is 15.1. The maximum atomic E-state index is 11.8. The summed E-state index contributed by atoms with van der Waals surface area (Å²) in [7, 11) is 1.96. The summed E-state index contributed by atoms with van der Waals surface area (Å²) in [5.41, 5.74) is 0. The second-order valence-electron chi connectivity index (χ2n) is 4.84. The molecular formula is C13H19BrN2O2S. The zero-order valence-electron chi connectivity index (χ0n) is 11.0. The summed E-state index contributed by atoms with van der Waals surface area (Å²) < 4.78 is 6.58. The fraction of sp³-hybridized carbons (Fsp3) is 0.615. The summed E-state index contributed by atoms with van der Waals surface area (Å²) in [5, 5.41) is 4.99. The van der Waals surface area contributed by atoms with E-state index in [4.69, 9.17) is 4.74 Å². The molecule has 0 aromatic carbocycles. The van der Waals surface area contributed by atoms with Crippen molar-refractivity contribution in [3.05, 3.63) is 20.8 Å². The third-order valence-electron chi connectivity index (χ3n) is 3.01. The Kier molecular flexibility index (Phi) is 5.81. The molecule has 0 radical (unpaired) electrons. The average molecular weight is 347 g/mol. The SMILES string of the molecule is CN(CC(=O)NCC1CCCO1)Cc1cc(Br)cs1. The maximum Gasteiger partial charge on any atom is 0.234 e. The Bertz CT molecular complexity index is 419. The number of amides is 1. The van der Waals surface area contributed by atoms with Crippen LogP contribution in [0.3, 0.4) is 0 Å². The minimum Gasteiger partial charge on any atom is -0.376 e. The molecule has 6 heteroatoms. The fourth-order valence-corrected chi connectivity index (χ4v) is 3.62. The monoisotopic (exact) mass is 346 g/mol. The van der Waals surface area contributed by atoms with Crippen LogP contribution in [0.25, 0.3) is 0 Å². The molecule has 2 rings (SSSR count). The molecule has 0 bridgehead atoms. The van der Waals surface area contributed by atoms with Gasteiger partial charge in [0.1, 0.15) is 0 Å². The van der Waals surface area contributed by atoms with Gasteiger partial charge in [-0.15, -0.1) is 11.3 Å². The van der Waals surface area contributed by atoms with Gasteiger partial charge in [-0.05, 0) is 41.9 Å². The molecule has 1 aliphatic heterocycles. The first-order valence-electron chi connectivity index (χ1n) is 6.43. The van der Waals surface area contributed by atoms with Crippen molar-refractivity contribution < 1.29 is 9.53 Å². The van der Waals surface area contributed by atoms with Crippen LogP contribution in [-0.2, 0) is 16.1 Å². The number of carbonyl (C=O) groups is 1. The molecule has 1 aromatic heterocycles. The van der Waals surface area contributed by atoms with Crippen molar-refractivity contribution >= 4 is 33.2 Å². The van der Waals surface area contributed by atoms with Crippen molar-refractivity contribution in [2.24, 2.45) is 0 Å². The quantitative estimate of drug-likeness (QED) is 0.858. The third kappa shape index (κ3) is 5.22. The lowest BCUT2D eigenvalue weighted by Gasteiger charge is -2.16. The largest absolute Gasteiger partial charge is 0.376 e. The van der Waals surface area contributed by atoms with E-state index in [1.54, 1.807) is 11.3 Å². The van der Waals surface area contributed by atoms with Gasteiger partial charge in [-0.25, -0.2) is 0 Å². The molecule has 1 aromatic rings. The highest BCUT2D eigenvalue weighted by Crippen LogP contribution is 2.20. The van der Waals surface area contributed by atoms with Crippen molar-refractivity contribution in [3.8, 4) is 0 Å². The zero-order chi connectivity index (χ0) is 13.7. The Morgan fingerprint density at radius 1 is 1.68 bits per heavy atom. The molecular weight excluding hydrogens is 328 g/mol. The van der Waals surface area contributed by atoms with Crippen molar-refractivity contribution in [1.29, 1.82) is 0 Å². The van der Waals surface area contributed by atoms with Gasteiger partial charge < -0.3 is 10.1 Å². The van der Waals surface area contributed by atoms with Crippen LogP contribution in [0.2, 0.25) is 0 Å². The topological polar surface area (TPSA) is 41.6 Å². The summed E-state index contributed by atoms with van der Waals surface area (Å²) >= 11 is 5.13. The number of nitrogens with one attached hydrogen (secondary N) is 1. The van der Waals surface area contributed by atoms with E-state index in [0.717, 1.165) is 30.5 Å².